The molecule has 0 atom stereocenters. The van der Waals surface area contributed by atoms with Crippen LogP contribution >= 0.6 is 0 Å². The van der Waals surface area contributed by atoms with Crippen molar-refractivity contribution in [3.05, 3.63) is 145 Å². The van der Waals surface area contributed by atoms with Gasteiger partial charge in [-0.25, -0.2) is 15.0 Å². The molecule has 1 aliphatic rings. The van der Waals surface area contributed by atoms with Crippen LogP contribution in [0.2, 0.25) is 0 Å². The topological polar surface area (TPSA) is 64.7 Å². The summed E-state index contributed by atoms with van der Waals surface area (Å²) >= 11 is 0. The molecule has 0 radical (unpaired) electrons. The van der Waals surface area contributed by atoms with E-state index < -0.39 is 0 Å². The molecule has 5 aromatic carbocycles. The van der Waals surface area contributed by atoms with Gasteiger partial charge >= 0.3 is 0 Å². The number of para-hydroxylation sites is 1. The quantitative estimate of drug-likeness (QED) is 0.203. The fraction of sp³-hybridized carbons (Fsp3) is 0.0732. The van der Waals surface area contributed by atoms with Crippen molar-refractivity contribution in [3.8, 4) is 56.5 Å². The van der Waals surface area contributed by atoms with E-state index in [1.807, 2.05) is 60.7 Å². The first-order chi connectivity index (χ1) is 22.5. The molecule has 0 aliphatic heterocycles. The third-order valence-electron chi connectivity index (χ3n) is 9.19. The van der Waals surface area contributed by atoms with Crippen molar-refractivity contribution in [2.45, 2.75) is 19.3 Å². The minimum absolute atomic E-state index is 0.179. The van der Waals surface area contributed by atoms with E-state index in [9.17, 15) is 0 Å². The van der Waals surface area contributed by atoms with E-state index in [0.29, 0.717) is 23.2 Å². The molecule has 9 rings (SSSR count). The summed E-state index contributed by atoms with van der Waals surface area (Å²) in [6.45, 7) is 4.61. The van der Waals surface area contributed by atoms with Gasteiger partial charge in [0, 0.05) is 33.5 Å². The lowest BCUT2D eigenvalue weighted by molar-refractivity contribution is 0.647. The highest BCUT2D eigenvalue weighted by molar-refractivity contribution is 6.07. The summed E-state index contributed by atoms with van der Waals surface area (Å²) in [5, 5.41) is 2.31. The molecule has 1 aliphatic carbocycles. The van der Waals surface area contributed by atoms with E-state index >= 15 is 0 Å². The van der Waals surface area contributed by atoms with Crippen LogP contribution in [-0.4, -0.2) is 19.9 Å². The summed E-state index contributed by atoms with van der Waals surface area (Å²) in [5.41, 5.74) is 11.7. The first-order valence-corrected chi connectivity index (χ1v) is 15.5. The fourth-order valence-electron chi connectivity index (χ4n) is 6.80. The Morgan fingerprint density at radius 1 is 0.478 bits per heavy atom. The highest BCUT2D eigenvalue weighted by atomic mass is 16.3. The fourth-order valence-corrected chi connectivity index (χ4v) is 6.80. The van der Waals surface area contributed by atoms with E-state index in [4.69, 9.17) is 19.4 Å². The number of hydrogen-bond donors (Lipinski definition) is 0. The van der Waals surface area contributed by atoms with Gasteiger partial charge in [0.1, 0.15) is 16.9 Å². The molecule has 3 aromatic heterocycles. The molecule has 0 saturated carbocycles. The van der Waals surface area contributed by atoms with Crippen molar-refractivity contribution in [1.29, 1.82) is 0 Å². The van der Waals surface area contributed by atoms with Crippen molar-refractivity contribution < 1.29 is 4.42 Å². The van der Waals surface area contributed by atoms with Gasteiger partial charge in [-0.15, -0.1) is 0 Å². The highest BCUT2D eigenvalue weighted by Crippen LogP contribution is 2.51. The van der Waals surface area contributed by atoms with E-state index in [1.54, 1.807) is 6.20 Å². The smallest absolute Gasteiger partial charge is 0.182 e. The van der Waals surface area contributed by atoms with Crippen LogP contribution in [0.15, 0.2) is 138 Å². The van der Waals surface area contributed by atoms with Gasteiger partial charge in [-0.3, -0.25) is 4.98 Å². The number of pyridine rings is 1. The molecule has 5 heteroatoms. The molecule has 0 fully saturated rings. The Kier molecular flexibility index (Phi) is 5.78. The molecule has 0 N–H and O–H groups in total. The maximum absolute atomic E-state index is 6.27. The van der Waals surface area contributed by atoms with E-state index in [-0.39, 0.29) is 5.41 Å². The Bertz CT molecular complexity index is 2390. The second-order valence-electron chi connectivity index (χ2n) is 12.3. The number of hydrogen-bond acceptors (Lipinski definition) is 5. The van der Waals surface area contributed by atoms with Crippen molar-refractivity contribution in [1.82, 2.24) is 19.9 Å². The third-order valence-corrected chi connectivity index (χ3v) is 9.19. The zero-order valence-electron chi connectivity index (χ0n) is 25.4. The van der Waals surface area contributed by atoms with Crippen LogP contribution < -0.4 is 0 Å². The van der Waals surface area contributed by atoms with E-state index in [2.05, 4.69) is 85.6 Å². The van der Waals surface area contributed by atoms with Gasteiger partial charge in [0.05, 0.1) is 0 Å². The molecule has 3 heterocycles. The average molecular weight is 593 g/mol. The van der Waals surface area contributed by atoms with Gasteiger partial charge in [0.25, 0.3) is 0 Å². The number of rotatable bonds is 4. The number of fused-ring (bicyclic) bond motifs is 6. The first kappa shape index (κ1) is 26.5. The molecular formula is C41H28N4O. The molecule has 0 saturated heterocycles. The molecule has 218 valence electrons. The van der Waals surface area contributed by atoms with E-state index in [1.165, 1.54) is 22.3 Å². The molecule has 5 nitrogen and oxygen atoms in total. The number of furan rings is 1. The van der Waals surface area contributed by atoms with Gasteiger partial charge in [-0.2, -0.15) is 0 Å². The predicted molar refractivity (Wildman–Crippen MR) is 184 cm³/mol. The van der Waals surface area contributed by atoms with Crippen molar-refractivity contribution in [2.24, 2.45) is 0 Å². The second kappa shape index (κ2) is 10.0. The monoisotopic (exact) mass is 592 g/mol. The van der Waals surface area contributed by atoms with Gasteiger partial charge < -0.3 is 4.42 Å². The molecule has 46 heavy (non-hydrogen) atoms. The van der Waals surface area contributed by atoms with Crippen molar-refractivity contribution in [3.63, 3.8) is 0 Å². The number of nitrogens with zero attached hydrogens (tertiary/aromatic N) is 4. The standard InChI is InChI=1S/C41H28N4O/c1-41(2)33-22-27(18-19-29(33)31-23-32-30-15-6-7-17-36(30)46-37(32)24-34(31)41)26-13-10-14-28(21-26)39-43-38(25-11-4-3-5-12-25)44-40(45-39)35-16-8-9-20-42-35/h3-24H,1-2H3. The van der Waals surface area contributed by atoms with Gasteiger partial charge in [0.15, 0.2) is 17.5 Å². The average Bonchev–Trinajstić information content (AvgIpc) is 3.59. The van der Waals surface area contributed by atoms with Crippen LogP contribution in [0.4, 0.5) is 0 Å². The maximum atomic E-state index is 6.27. The number of aromatic nitrogens is 4. The lowest BCUT2D eigenvalue weighted by Gasteiger charge is -2.22. The van der Waals surface area contributed by atoms with E-state index in [0.717, 1.165) is 44.2 Å². The lowest BCUT2D eigenvalue weighted by atomic mass is 9.81. The Morgan fingerprint density at radius 2 is 1.17 bits per heavy atom. The second-order valence-corrected chi connectivity index (χ2v) is 12.3. The Balaban J connectivity index is 1.15. The van der Waals surface area contributed by atoms with Crippen molar-refractivity contribution >= 4 is 21.9 Å². The first-order valence-electron chi connectivity index (χ1n) is 15.5. The zero-order valence-corrected chi connectivity index (χ0v) is 25.4. The Hall–Kier alpha value is -5.94. The van der Waals surface area contributed by atoms with Crippen molar-refractivity contribution in [2.75, 3.05) is 0 Å². The van der Waals surface area contributed by atoms with Gasteiger partial charge in [-0.05, 0) is 75.8 Å². The third kappa shape index (κ3) is 4.16. The molecule has 8 aromatic rings. The summed E-state index contributed by atoms with van der Waals surface area (Å²) in [6.07, 6.45) is 1.76. The molecule has 0 spiro atoms. The molecule has 0 unspecified atom stereocenters. The molecular weight excluding hydrogens is 564 g/mol. The summed E-state index contributed by atoms with van der Waals surface area (Å²) < 4.78 is 6.27. The summed E-state index contributed by atoms with van der Waals surface area (Å²) in [6, 6.07) is 43.9. The zero-order chi connectivity index (χ0) is 30.8. The summed E-state index contributed by atoms with van der Waals surface area (Å²) in [5.74, 6) is 1.78. The van der Waals surface area contributed by atoms with Gasteiger partial charge in [-0.1, -0.05) is 98.8 Å². The largest absolute Gasteiger partial charge is 0.456 e. The van der Waals surface area contributed by atoms with Crippen LogP contribution in [0.25, 0.3) is 78.5 Å². The van der Waals surface area contributed by atoms with Crippen LogP contribution in [0.3, 0.4) is 0 Å². The summed E-state index contributed by atoms with van der Waals surface area (Å²) in [4.78, 5) is 19.1. The lowest BCUT2D eigenvalue weighted by Crippen LogP contribution is -2.15. The summed E-state index contributed by atoms with van der Waals surface area (Å²) in [7, 11) is 0. The van der Waals surface area contributed by atoms with Crippen LogP contribution in [0.5, 0.6) is 0 Å². The normalized spacial score (nSPS) is 13.2. The highest BCUT2D eigenvalue weighted by Gasteiger charge is 2.36. The SMILES string of the molecule is CC1(C)c2cc(-c3cccc(-c4nc(-c5ccccc5)nc(-c5ccccn5)n4)c3)ccc2-c2cc3c(cc21)oc1ccccc13. The molecule has 0 bridgehead atoms. The Labute approximate surface area is 266 Å². The Morgan fingerprint density at radius 3 is 2.02 bits per heavy atom. The minimum Gasteiger partial charge on any atom is -0.456 e. The minimum atomic E-state index is -0.179. The maximum Gasteiger partial charge on any atom is 0.182 e. The van der Waals surface area contributed by atoms with Crippen LogP contribution in [-0.2, 0) is 5.41 Å². The number of benzene rings is 5. The predicted octanol–water partition coefficient (Wildman–Crippen LogP) is 10.1. The van der Waals surface area contributed by atoms with Gasteiger partial charge in [0.2, 0.25) is 0 Å². The van der Waals surface area contributed by atoms with Crippen LogP contribution in [0.1, 0.15) is 25.0 Å². The molecule has 0 amide bonds. The van der Waals surface area contributed by atoms with Crippen LogP contribution in [0, 0.1) is 0 Å².